The van der Waals surface area contributed by atoms with Gasteiger partial charge in [-0.25, -0.2) is 0 Å². The maximum absolute atomic E-state index is 6.77. The van der Waals surface area contributed by atoms with Crippen molar-refractivity contribution in [2.24, 2.45) is 10.9 Å². The van der Waals surface area contributed by atoms with Crippen LogP contribution in [0.1, 0.15) is 35.1 Å². The summed E-state index contributed by atoms with van der Waals surface area (Å²) in [5, 5.41) is 4.71. The van der Waals surface area contributed by atoms with E-state index in [0.717, 1.165) is 55.7 Å². The minimum Gasteiger partial charge on any atom is -0.456 e. The van der Waals surface area contributed by atoms with E-state index in [1.54, 1.807) is 0 Å². The van der Waals surface area contributed by atoms with E-state index in [-0.39, 0.29) is 11.8 Å². The van der Waals surface area contributed by atoms with Crippen LogP contribution in [0.3, 0.4) is 0 Å². The highest BCUT2D eigenvalue weighted by atomic mass is 16.3. The highest BCUT2D eigenvalue weighted by Gasteiger charge is 2.36. The lowest BCUT2D eigenvalue weighted by atomic mass is 9.71. The molecule has 2 aromatic heterocycles. The predicted molar refractivity (Wildman–Crippen MR) is 213 cm³/mol. The largest absolute Gasteiger partial charge is 0.456 e. The van der Waals surface area contributed by atoms with Crippen LogP contribution in [0, 0.1) is 5.92 Å². The fraction of sp³-hybridized carbons (Fsp3) is 0.0625. The van der Waals surface area contributed by atoms with Crippen molar-refractivity contribution in [1.29, 1.82) is 0 Å². The molecule has 0 N–H and O–H groups in total. The Bertz CT molecular complexity index is 2750. The van der Waals surface area contributed by atoms with E-state index < -0.39 is 0 Å². The number of aliphatic imine (C=N–C) groups is 1. The van der Waals surface area contributed by atoms with Gasteiger partial charge in [0.15, 0.2) is 0 Å². The first kappa shape index (κ1) is 29.5. The smallest absolute Gasteiger partial charge is 0.137 e. The van der Waals surface area contributed by atoms with Crippen LogP contribution in [0.25, 0.3) is 60.7 Å². The summed E-state index contributed by atoms with van der Waals surface area (Å²) in [6, 6.07) is 62.7. The lowest BCUT2D eigenvalue weighted by Gasteiger charge is -2.34. The molecule has 1 aliphatic rings. The molecule has 7 aromatic carbocycles. The average Bonchev–Trinajstić information content (AvgIpc) is 3.74. The first-order valence-electron chi connectivity index (χ1n) is 17.7. The van der Waals surface area contributed by atoms with Gasteiger partial charge in [0.1, 0.15) is 11.2 Å². The predicted octanol–water partition coefficient (Wildman–Crippen LogP) is 12.5. The molecule has 0 aliphatic carbocycles. The van der Waals surface area contributed by atoms with Crippen molar-refractivity contribution in [2.75, 3.05) is 0 Å². The number of para-hydroxylation sites is 2. The molecule has 0 fully saturated rings. The van der Waals surface area contributed by atoms with Gasteiger partial charge in [-0.3, -0.25) is 4.99 Å². The molecule has 0 radical (unpaired) electrons. The zero-order valence-electron chi connectivity index (χ0n) is 28.2. The van der Waals surface area contributed by atoms with Gasteiger partial charge in [0.05, 0.1) is 22.4 Å². The summed E-state index contributed by atoms with van der Waals surface area (Å²) < 4.78 is 9.12. The molecule has 1 unspecified atom stereocenters. The van der Waals surface area contributed by atoms with Crippen molar-refractivity contribution < 1.29 is 4.42 Å². The standard InChI is InChI=1S/C48H34N2O/c1-31-44(32-16-5-2-6-17-32)46(48(34-20-9-4-10-21-34)49-47(31)33-18-7-3-8-19-33)39-24-15-27-42-45(39)38-29-28-35(30-43(38)51-42)50-40-25-13-11-22-36(40)37-23-12-14-26-41(37)50/h2-31,44H,1H3/t31-,44?/m1/s1. The van der Waals surface area contributed by atoms with E-state index in [0.29, 0.717) is 0 Å². The molecule has 242 valence electrons. The molecule has 0 bridgehead atoms. The lowest BCUT2D eigenvalue weighted by Crippen LogP contribution is -2.26. The third kappa shape index (κ3) is 4.69. The number of rotatable bonds is 5. The van der Waals surface area contributed by atoms with Crippen LogP contribution in [0.5, 0.6) is 0 Å². The van der Waals surface area contributed by atoms with Gasteiger partial charge in [0.25, 0.3) is 0 Å². The van der Waals surface area contributed by atoms with Crippen LogP contribution >= 0.6 is 0 Å². The minimum absolute atomic E-state index is 0.0570. The minimum atomic E-state index is 0.0570. The van der Waals surface area contributed by atoms with Crippen molar-refractivity contribution >= 4 is 60.7 Å². The first-order valence-corrected chi connectivity index (χ1v) is 17.7. The molecule has 51 heavy (non-hydrogen) atoms. The Balaban J connectivity index is 1.25. The highest BCUT2D eigenvalue weighted by Crippen LogP contribution is 2.50. The van der Waals surface area contributed by atoms with Crippen molar-refractivity contribution in [3.05, 3.63) is 198 Å². The van der Waals surface area contributed by atoms with Gasteiger partial charge in [-0.05, 0) is 52.6 Å². The molecule has 3 heterocycles. The van der Waals surface area contributed by atoms with Crippen LogP contribution in [0.15, 0.2) is 185 Å². The Morgan fingerprint density at radius 3 is 1.82 bits per heavy atom. The first-order chi connectivity index (χ1) is 25.2. The van der Waals surface area contributed by atoms with Crippen molar-refractivity contribution in [1.82, 2.24) is 4.57 Å². The SMILES string of the molecule is C[C@H]1C(c2ccccc2)=NC(c2ccccc2)=C(c2cccc3oc4cc(-n5c6ccccc6c6ccccc65)ccc4c23)C1c1ccccc1. The summed E-state index contributed by atoms with van der Waals surface area (Å²) >= 11 is 0. The topological polar surface area (TPSA) is 30.4 Å². The monoisotopic (exact) mass is 654 g/mol. The van der Waals surface area contributed by atoms with E-state index in [1.807, 2.05) is 0 Å². The van der Waals surface area contributed by atoms with E-state index >= 15 is 0 Å². The number of furan rings is 1. The Morgan fingerprint density at radius 1 is 0.529 bits per heavy atom. The highest BCUT2D eigenvalue weighted by molar-refractivity contribution is 6.18. The number of allylic oxidation sites excluding steroid dienone is 1. The molecule has 0 saturated carbocycles. The normalized spacial score (nSPS) is 16.4. The summed E-state index contributed by atoms with van der Waals surface area (Å²) in [7, 11) is 0. The molecule has 3 nitrogen and oxygen atoms in total. The van der Waals surface area contributed by atoms with Gasteiger partial charge < -0.3 is 8.98 Å². The maximum Gasteiger partial charge on any atom is 0.137 e. The van der Waals surface area contributed by atoms with Crippen LogP contribution in [0.2, 0.25) is 0 Å². The molecule has 3 heteroatoms. The summed E-state index contributed by atoms with van der Waals surface area (Å²) in [4.78, 5) is 5.58. The number of fused-ring (bicyclic) bond motifs is 6. The van der Waals surface area contributed by atoms with Gasteiger partial charge >= 0.3 is 0 Å². The van der Waals surface area contributed by atoms with E-state index in [2.05, 4.69) is 187 Å². The van der Waals surface area contributed by atoms with Crippen LogP contribution in [0.4, 0.5) is 0 Å². The third-order valence-corrected chi connectivity index (χ3v) is 10.6. The number of nitrogens with zero attached hydrogens (tertiary/aromatic N) is 2. The molecule has 2 atom stereocenters. The second kappa shape index (κ2) is 11.9. The molecule has 0 amide bonds. The molecule has 0 spiro atoms. The number of aromatic nitrogens is 1. The molecular formula is C48H34N2O. The Labute approximate surface area is 296 Å². The maximum atomic E-state index is 6.77. The zero-order valence-corrected chi connectivity index (χ0v) is 28.2. The zero-order chi connectivity index (χ0) is 33.9. The molecule has 10 rings (SSSR count). The summed E-state index contributed by atoms with van der Waals surface area (Å²) in [6.45, 7) is 2.33. The van der Waals surface area contributed by atoms with Crippen LogP contribution in [-0.2, 0) is 0 Å². The fourth-order valence-electron chi connectivity index (χ4n) is 8.38. The summed E-state index contributed by atoms with van der Waals surface area (Å²) in [5.74, 6) is 0.175. The summed E-state index contributed by atoms with van der Waals surface area (Å²) in [5.41, 5.74) is 13.2. The average molecular weight is 655 g/mol. The molecular weight excluding hydrogens is 621 g/mol. The molecule has 9 aromatic rings. The fourth-order valence-corrected chi connectivity index (χ4v) is 8.38. The third-order valence-electron chi connectivity index (χ3n) is 10.6. The van der Waals surface area contributed by atoms with E-state index in [4.69, 9.17) is 9.41 Å². The van der Waals surface area contributed by atoms with Gasteiger partial charge in [-0.1, -0.05) is 146 Å². The van der Waals surface area contributed by atoms with Gasteiger partial charge in [-0.2, -0.15) is 0 Å². The Morgan fingerprint density at radius 2 is 1.14 bits per heavy atom. The second-order valence-electron chi connectivity index (χ2n) is 13.5. The molecule has 0 saturated heterocycles. The summed E-state index contributed by atoms with van der Waals surface area (Å²) in [6.07, 6.45) is 0. The Kier molecular flexibility index (Phi) is 6.85. The van der Waals surface area contributed by atoms with E-state index in [9.17, 15) is 0 Å². The Hall–Kier alpha value is -6.45. The van der Waals surface area contributed by atoms with Crippen LogP contribution < -0.4 is 0 Å². The van der Waals surface area contributed by atoms with Crippen molar-refractivity contribution in [3.8, 4) is 5.69 Å². The number of hydrogen-bond donors (Lipinski definition) is 0. The van der Waals surface area contributed by atoms with Crippen LogP contribution in [-0.4, -0.2) is 10.3 Å². The van der Waals surface area contributed by atoms with Gasteiger partial charge in [-0.15, -0.1) is 0 Å². The lowest BCUT2D eigenvalue weighted by molar-refractivity contribution is 0.668. The quantitative estimate of drug-likeness (QED) is 0.182. The van der Waals surface area contributed by atoms with E-state index in [1.165, 1.54) is 32.9 Å². The van der Waals surface area contributed by atoms with Crippen molar-refractivity contribution in [3.63, 3.8) is 0 Å². The number of benzene rings is 7. The van der Waals surface area contributed by atoms with Crippen molar-refractivity contribution in [2.45, 2.75) is 12.8 Å². The van der Waals surface area contributed by atoms with Gasteiger partial charge in [0.2, 0.25) is 0 Å². The second-order valence-corrected chi connectivity index (χ2v) is 13.5. The number of hydrogen-bond acceptors (Lipinski definition) is 2. The molecule has 1 aliphatic heterocycles. The van der Waals surface area contributed by atoms with Gasteiger partial charge in [0, 0.05) is 50.7 Å².